The van der Waals surface area contributed by atoms with Gasteiger partial charge in [0, 0.05) is 16.1 Å². The van der Waals surface area contributed by atoms with Crippen LogP contribution in [0, 0.1) is 5.82 Å². The Bertz CT molecular complexity index is 978. The van der Waals surface area contributed by atoms with E-state index in [2.05, 4.69) is 4.99 Å². The third kappa shape index (κ3) is 3.19. The lowest BCUT2D eigenvalue weighted by molar-refractivity contribution is -0.130. The number of benzene rings is 2. The van der Waals surface area contributed by atoms with Gasteiger partial charge in [0.25, 0.3) is 0 Å². The van der Waals surface area contributed by atoms with Crippen molar-refractivity contribution in [2.24, 2.45) is 4.99 Å². The summed E-state index contributed by atoms with van der Waals surface area (Å²) in [6, 6.07) is 11.0. The molecule has 0 fully saturated rings. The van der Waals surface area contributed by atoms with E-state index in [0.29, 0.717) is 17.2 Å². The molecule has 0 atom stereocenters. The van der Waals surface area contributed by atoms with Crippen molar-refractivity contribution in [1.82, 2.24) is 0 Å². The molecule has 0 aliphatic carbocycles. The highest BCUT2D eigenvalue weighted by atomic mass is 35.5. The number of hydrogen-bond acceptors (Lipinski definition) is 4. The molecule has 124 valence electrons. The van der Waals surface area contributed by atoms with E-state index >= 15 is 0 Å². The maximum Gasteiger partial charge on any atom is 0.363 e. The van der Waals surface area contributed by atoms with Gasteiger partial charge in [-0.15, -0.1) is 0 Å². The Hall–Kier alpha value is -2.92. The van der Waals surface area contributed by atoms with Gasteiger partial charge in [0.05, 0.1) is 0 Å². The smallest absolute Gasteiger partial charge is 0.363 e. The van der Waals surface area contributed by atoms with E-state index in [9.17, 15) is 9.18 Å². The SMILES string of the molecule is O=C1OC(c2cccc(F)c2)=N/C1=C\C1=Cc2cc(Cl)ccc2OC1. The van der Waals surface area contributed by atoms with Gasteiger partial charge in [0.2, 0.25) is 5.90 Å². The highest BCUT2D eigenvalue weighted by Crippen LogP contribution is 2.30. The second kappa shape index (κ2) is 6.18. The average Bonchev–Trinajstić information content (AvgIpc) is 2.95. The van der Waals surface area contributed by atoms with Crippen LogP contribution < -0.4 is 4.74 Å². The lowest BCUT2D eigenvalue weighted by atomic mass is 10.1. The van der Waals surface area contributed by atoms with E-state index in [4.69, 9.17) is 21.1 Å². The van der Waals surface area contributed by atoms with Gasteiger partial charge < -0.3 is 9.47 Å². The number of rotatable bonds is 2. The number of nitrogens with zero attached hydrogens (tertiary/aromatic N) is 1. The first-order valence-corrected chi connectivity index (χ1v) is 7.88. The third-order valence-electron chi connectivity index (χ3n) is 3.72. The van der Waals surface area contributed by atoms with Gasteiger partial charge in [0.1, 0.15) is 18.2 Å². The number of fused-ring (bicyclic) bond motifs is 1. The normalized spacial score (nSPS) is 17.5. The summed E-state index contributed by atoms with van der Waals surface area (Å²) >= 11 is 5.99. The molecular weight excluding hydrogens is 345 g/mol. The molecule has 0 bridgehead atoms. The number of carbonyl (C=O) groups is 1. The van der Waals surface area contributed by atoms with E-state index in [1.165, 1.54) is 18.2 Å². The highest BCUT2D eigenvalue weighted by Gasteiger charge is 2.25. The molecule has 2 aromatic rings. The number of esters is 1. The monoisotopic (exact) mass is 355 g/mol. The minimum atomic E-state index is -0.586. The Morgan fingerprint density at radius 3 is 2.92 bits per heavy atom. The standard InChI is InChI=1S/C19H11ClFNO3/c20-14-4-5-17-13(8-14)6-11(10-24-17)7-16-19(23)25-18(22-16)12-2-1-3-15(21)9-12/h1-9H,10H2/b16-7-. The summed E-state index contributed by atoms with van der Waals surface area (Å²) in [6.45, 7) is 0.302. The van der Waals surface area contributed by atoms with Crippen molar-refractivity contribution in [2.45, 2.75) is 0 Å². The molecule has 6 heteroatoms. The fourth-order valence-electron chi connectivity index (χ4n) is 2.58. The zero-order valence-electron chi connectivity index (χ0n) is 12.8. The molecule has 0 amide bonds. The molecule has 2 aliphatic rings. The van der Waals surface area contributed by atoms with Crippen molar-refractivity contribution in [2.75, 3.05) is 6.61 Å². The number of halogens is 2. The maximum absolute atomic E-state index is 13.3. The fourth-order valence-corrected chi connectivity index (χ4v) is 2.76. The maximum atomic E-state index is 13.3. The van der Waals surface area contributed by atoms with Crippen LogP contribution in [0.3, 0.4) is 0 Å². The second-order valence-electron chi connectivity index (χ2n) is 5.54. The largest absolute Gasteiger partial charge is 0.488 e. The molecule has 0 unspecified atom stereocenters. The van der Waals surface area contributed by atoms with Crippen molar-refractivity contribution in [3.8, 4) is 5.75 Å². The molecule has 0 saturated heterocycles. The number of hydrogen-bond donors (Lipinski definition) is 0. The molecule has 2 aromatic carbocycles. The lowest BCUT2D eigenvalue weighted by Gasteiger charge is -2.16. The molecule has 4 rings (SSSR count). The number of carbonyl (C=O) groups excluding carboxylic acids is 1. The molecule has 0 spiro atoms. The first kappa shape index (κ1) is 15.6. The van der Waals surface area contributed by atoms with Crippen LogP contribution in [0.25, 0.3) is 6.08 Å². The van der Waals surface area contributed by atoms with Crippen LogP contribution in [0.2, 0.25) is 5.02 Å². The average molecular weight is 356 g/mol. The molecular formula is C19H11ClFNO3. The minimum absolute atomic E-state index is 0.0801. The van der Waals surface area contributed by atoms with Gasteiger partial charge in [-0.25, -0.2) is 14.2 Å². The Kier molecular flexibility index (Phi) is 3.86. The number of aliphatic imine (C=N–C) groups is 1. The van der Waals surface area contributed by atoms with Gasteiger partial charge in [-0.2, -0.15) is 0 Å². The van der Waals surface area contributed by atoms with E-state index in [1.54, 1.807) is 30.3 Å². The molecule has 0 N–H and O–H groups in total. The first-order chi connectivity index (χ1) is 12.1. The lowest BCUT2D eigenvalue weighted by Crippen LogP contribution is -2.08. The van der Waals surface area contributed by atoms with Crippen LogP contribution in [0.5, 0.6) is 5.75 Å². The summed E-state index contributed by atoms with van der Waals surface area (Å²) in [6.07, 6.45) is 3.47. The molecule has 0 radical (unpaired) electrons. The Labute approximate surface area is 147 Å². The highest BCUT2D eigenvalue weighted by molar-refractivity contribution is 6.30. The van der Waals surface area contributed by atoms with E-state index in [1.807, 2.05) is 6.08 Å². The molecule has 2 heterocycles. The van der Waals surface area contributed by atoms with Crippen LogP contribution in [0.4, 0.5) is 4.39 Å². The summed E-state index contributed by atoms with van der Waals surface area (Å²) in [7, 11) is 0. The Morgan fingerprint density at radius 2 is 2.08 bits per heavy atom. The predicted octanol–water partition coefficient (Wildman–Crippen LogP) is 4.14. The Morgan fingerprint density at radius 1 is 1.20 bits per heavy atom. The van der Waals surface area contributed by atoms with Gasteiger partial charge in [-0.05, 0) is 54.1 Å². The summed E-state index contributed by atoms with van der Waals surface area (Å²) in [5.41, 5.74) is 2.12. The zero-order valence-corrected chi connectivity index (χ0v) is 13.6. The second-order valence-corrected chi connectivity index (χ2v) is 5.97. The van der Waals surface area contributed by atoms with Crippen LogP contribution in [-0.2, 0) is 9.53 Å². The number of cyclic esters (lactones) is 1. The number of ether oxygens (including phenoxy) is 2. The molecule has 2 aliphatic heterocycles. The molecule has 25 heavy (non-hydrogen) atoms. The summed E-state index contributed by atoms with van der Waals surface area (Å²) in [5.74, 6) is -0.205. The molecule has 0 saturated carbocycles. The van der Waals surface area contributed by atoms with Gasteiger partial charge in [-0.3, -0.25) is 0 Å². The molecule has 0 aromatic heterocycles. The quantitative estimate of drug-likeness (QED) is 0.601. The zero-order chi connectivity index (χ0) is 17.4. The van der Waals surface area contributed by atoms with E-state index in [-0.39, 0.29) is 11.6 Å². The Balaban J connectivity index is 1.66. The van der Waals surface area contributed by atoms with Gasteiger partial charge in [0.15, 0.2) is 5.70 Å². The fraction of sp³-hybridized carbons (Fsp3) is 0.0526. The van der Waals surface area contributed by atoms with Gasteiger partial charge >= 0.3 is 5.97 Å². The van der Waals surface area contributed by atoms with Crippen molar-refractivity contribution < 1.29 is 18.7 Å². The summed E-state index contributed by atoms with van der Waals surface area (Å²) < 4.78 is 24.1. The first-order valence-electron chi connectivity index (χ1n) is 7.50. The van der Waals surface area contributed by atoms with Gasteiger partial charge in [-0.1, -0.05) is 17.7 Å². The topological polar surface area (TPSA) is 47.9 Å². The summed E-state index contributed by atoms with van der Waals surface area (Å²) in [5, 5.41) is 0.596. The van der Waals surface area contributed by atoms with Crippen molar-refractivity contribution in [3.63, 3.8) is 0 Å². The van der Waals surface area contributed by atoms with E-state index < -0.39 is 11.8 Å². The van der Waals surface area contributed by atoms with Crippen molar-refractivity contribution in [3.05, 3.63) is 81.8 Å². The van der Waals surface area contributed by atoms with Crippen molar-refractivity contribution >= 4 is 29.5 Å². The van der Waals surface area contributed by atoms with E-state index in [0.717, 1.165) is 16.9 Å². The third-order valence-corrected chi connectivity index (χ3v) is 3.96. The molecule has 4 nitrogen and oxygen atoms in total. The van der Waals surface area contributed by atoms with Crippen LogP contribution in [-0.4, -0.2) is 18.5 Å². The van der Waals surface area contributed by atoms with Crippen LogP contribution in [0.1, 0.15) is 11.1 Å². The van der Waals surface area contributed by atoms with Crippen LogP contribution in [0.15, 0.2) is 64.8 Å². The minimum Gasteiger partial charge on any atom is -0.488 e. The van der Waals surface area contributed by atoms with Crippen LogP contribution >= 0.6 is 11.6 Å². The predicted molar refractivity (Wildman–Crippen MR) is 92.0 cm³/mol. The summed E-state index contributed by atoms with van der Waals surface area (Å²) in [4.78, 5) is 16.2. The van der Waals surface area contributed by atoms with Crippen molar-refractivity contribution in [1.29, 1.82) is 0 Å².